The van der Waals surface area contributed by atoms with Crippen LogP contribution in [0.2, 0.25) is 0 Å². The van der Waals surface area contributed by atoms with Gasteiger partial charge >= 0.3 is 0 Å². The number of hydrogen-bond acceptors (Lipinski definition) is 4. The van der Waals surface area contributed by atoms with Gasteiger partial charge in [-0.25, -0.2) is 4.21 Å². The minimum absolute atomic E-state index is 0.0726. The molecule has 1 saturated heterocycles. The normalized spacial score (nSPS) is 18.8. The van der Waals surface area contributed by atoms with Crippen molar-refractivity contribution in [2.45, 2.75) is 38.9 Å². The second-order valence-corrected chi connectivity index (χ2v) is 4.53. The first-order chi connectivity index (χ1) is 7.07. The van der Waals surface area contributed by atoms with Crippen LogP contribution < -0.4 is 0 Å². The van der Waals surface area contributed by atoms with Gasteiger partial charge < -0.3 is 9.47 Å². The molecule has 5 heteroatoms. The van der Waals surface area contributed by atoms with Crippen LogP contribution in [0.4, 0.5) is 0 Å². The van der Waals surface area contributed by atoms with Crippen LogP contribution in [0.5, 0.6) is 0 Å². The van der Waals surface area contributed by atoms with Crippen molar-refractivity contribution in [3.05, 3.63) is 0 Å². The predicted molar refractivity (Wildman–Crippen MR) is 58.0 cm³/mol. The van der Waals surface area contributed by atoms with Crippen LogP contribution in [0.3, 0.4) is 0 Å². The van der Waals surface area contributed by atoms with E-state index >= 15 is 0 Å². The van der Waals surface area contributed by atoms with Crippen LogP contribution in [-0.2, 0) is 25.5 Å². The van der Waals surface area contributed by atoms with Crippen LogP contribution in [0.25, 0.3) is 0 Å². The van der Waals surface area contributed by atoms with E-state index in [9.17, 15) is 9.00 Å². The van der Waals surface area contributed by atoms with Crippen molar-refractivity contribution in [2.75, 3.05) is 13.2 Å². The fraction of sp³-hybridized carbons (Fsp3) is 0.800. The molecule has 1 aliphatic heterocycles. The third-order valence-corrected chi connectivity index (χ3v) is 2.93. The van der Waals surface area contributed by atoms with Gasteiger partial charge in [-0.2, -0.15) is 0 Å². The molecule has 0 N–H and O–H groups in total. The van der Waals surface area contributed by atoms with Gasteiger partial charge in [-0.1, -0.05) is 0 Å². The van der Waals surface area contributed by atoms with E-state index in [0.717, 1.165) is 0 Å². The summed E-state index contributed by atoms with van der Waals surface area (Å²) in [6, 6.07) is 0. The maximum Gasteiger partial charge on any atom is 0.171 e. The Morgan fingerprint density at radius 1 is 1.40 bits per heavy atom. The summed E-state index contributed by atoms with van der Waals surface area (Å²) in [6.07, 6.45) is 1.77. The van der Waals surface area contributed by atoms with Crippen molar-refractivity contribution in [3.63, 3.8) is 0 Å². The molecule has 0 spiro atoms. The van der Waals surface area contributed by atoms with Crippen LogP contribution in [0.15, 0.2) is 0 Å². The number of carbonyl (C=O) groups is 1. The lowest BCUT2D eigenvalue weighted by Crippen LogP contribution is -2.25. The topological polar surface area (TPSA) is 52.6 Å². The fourth-order valence-corrected chi connectivity index (χ4v) is 1.69. The summed E-state index contributed by atoms with van der Waals surface area (Å²) in [4.78, 5) is 11.6. The van der Waals surface area contributed by atoms with E-state index in [1.165, 1.54) is 0 Å². The molecule has 0 saturated carbocycles. The Kier molecular flexibility index (Phi) is 4.63. The van der Waals surface area contributed by atoms with Crippen LogP contribution in [0, 0.1) is 0 Å². The molecule has 0 aromatic carbocycles. The number of Topliss-reactive ketones (excluding diaryl/α,β-unsaturated/α-hetero) is 1. The van der Waals surface area contributed by atoms with Gasteiger partial charge in [-0.3, -0.25) is 4.79 Å². The molecule has 0 bridgehead atoms. The molecule has 0 aromatic heterocycles. The minimum Gasteiger partial charge on any atom is -0.348 e. The summed E-state index contributed by atoms with van der Waals surface area (Å²) in [6.45, 7) is 4.67. The minimum atomic E-state index is -0.529. The molecule has 1 heterocycles. The molecule has 15 heavy (non-hydrogen) atoms. The second kappa shape index (κ2) is 5.53. The van der Waals surface area contributed by atoms with Crippen LogP contribution >= 0.6 is 0 Å². The highest BCUT2D eigenvalue weighted by Crippen LogP contribution is 2.24. The number of hydrogen-bond donors (Lipinski definition) is 0. The monoisotopic (exact) mass is 232 g/mol. The summed E-state index contributed by atoms with van der Waals surface area (Å²) in [5.41, 5.74) is 0. The molecule has 4 nitrogen and oxygen atoms in total. The van der Waals surface area contributed by atoms with Gasteiger partial charge in [0.05, 0.1) is 29.3 Å². The molecule has 0 amide bonds. The largest absolute Gasteiger partial charge is 0.348 e. The highest BCUT2D eigenvalue weighted by molar-refractivity contribution is 7.68. The summed E-state index contributed by atoms with van der Waals surface area (Å²) in [5, 5.41) is 0. The van der Waals surface area contributed by atoms with Crippen molar-refractivity contribution >= 4 is 21.9 Å². The highest BCUT2D eigenvalue weighted by Gasteiger charge is 2.30. The van der Waals surface area contributed by atoms with Gasteiger partial charge in [-0.05, 0) is 20.3 Å². The predicted octanol–water partition coefficient (Wildman–Crippen LogP) is 0.894. The molecule has 0 atom stereocenters. The van der Waals surface area contributed by atoms with Crippen molar-refractivity contribution in [3.8, 4) is 0 Å². The molecular formula is C10H16O4S. The van der Waals surface area contributed by atoms with E-state index in [-0.39, 0.29) is 17.0 Å². The lowest BCUT2D eigenvalue weighted by atomic mass is 10.1. The third kappa shape index (κ3) is 3.85. The SMILES string of the molecule is CC(=S=O)C(=O)CCCC1(C)OCCO1. The van der Waals surface area contributed by atoms with Crippen molar-refractivity contribution in [2.24, 2.45) is 0 Å². The maximum atomic E-state index is 11.3. The lowest BCUT2D eigenvalue weighted by Gasteiger charge is -2.21. The Hall–Kier alpha value is -0.520. The first-order valence-electron chi connectivity index (χ1n) is 5.02. The number of ether oxygens (including phenoxy) is 2. The number of rotatable bonds is 5. The molecule has 0 unspecified atom stereocenters. The van der Waals surface area contributed by atoms with Gasteiger partial charge in [0.2, 0.25) is 0 Å². The summed E-state index contributed by atoms with van der Waals surface area (Å²) in [7, 11) is 0. The zero-order valence-corrected chi connectivity index (χ0v) is 9.89. The van der Waals surface area contributed by atoms with Crippen molar-refractivity contribution in [1.82, 2.24) is 0 Å². The van der Waals surface area contributed by atoms with Gasteiger partial charge in [0.25, 0.3) is 0 Å². The Labute approximate surface area is 93.0 Å². The standard InChI is InChI=1S/C10H16O4S/c1-8(15-12)9(11)4-3-5-10(2)13-6-7-14-10/h3-7H2,1-2H3. The van der Waals surface area contributed by atoms with Gasteiger partial charge in [0.15, 0.2) is 11.6 Å². The maximum absolute atomic E-state index is 11.3. The van der Waals surface area contributed by atoms with Crippen LogP contribution in [-0.4, -0.2) is 33.9 Å². The van der Waals surface area contributed by atoms with E-state index in [4.69, 9.17) is 9.47 Å². The third-order valence-electron chi connectivity index (χ3n) is 2.45. The molecule has 0 radical (unpaired) electrons. The quantitative estimate of drug-likeness (QED) is 0.661. The molecule has 1 aliphatic rings. The highest BCUT2D eigenvalue weighted by atomic mass is 32.1. The lowest BCUT2D eigenvalue weighted by molar-refractivity contribution is -0.147. The fourth-order valence-electron chi connectivity index (χ4n) is 1.49. The number of carbonyl (C=O) groups excluding carboxylic acids is 1. The zero-order valence-electron chi connectivity index (χ0n) is 9.08. The van der Waals surface area contributed by atoms with Crippen molar-refractivity contribution < 1.29 is 18.5 Å². The molecule has 1 fully saturated rings. The Bertz CT molecular complexity index is 288. The van der Waals surface area contributed by atoms with E-state index in [2.05, 4.69) is 0 Å². The smallest absolute Gasteiger partial charge is 0.171 e. The van der Waals surface area contributed by atoms with E-state index in [0.29, 0.717) is 37.3 Å². The van der Waals surface area contributed by atoms with E-state index < -0.39 is 5.79 Å². The van der Waals surface area contributed by atoms with Gasteiger partial charge in [-0.15, -0.1) is 0 Å². The Balaban J connectivity index is 2.27. The van der Waals surface area contributed by atoms with Gasteiger partial charge in [0, 0.05) is 12.8 Å². The van der Waals surface area contributed by atoms with E-state index in [1.807, 2.05) is 6.92 Å². The zero-order chi connectivity index (χ0) is 11.3. The Morgan fingerprint density at radius 3 is 2.53 bits per heavy atom. The average molecular weight is 232 g/mol. The molecule has 86 valence electrons. The average Bonchev–Trinajstić information content (AvgIpc) is 2.64. The Morgan fingerprint density at radius 2 is 2.00 bits per heavy atom. The van der Waals surface area contributed by atoms with E-state index in [1.54, 1.807) is 6.92 Å². The summed E-state index contributed by atoms with van der Waals surface area (Å²) >= 11 is 0.269. The van der Waals surface area contributed by atoms with Gasteiger partial charge in [0.1, 0.15) is 0 Å². The van der Waals surface area contributed by atoms with Crippen LogP contribution in [0.1, 0.15) is 33.1 Å². The first kappa shape index (κ1) is 12.5. The molecular weight excluding hydrogens is 216 g/mol. The molecule has 0 aliphatic carbocycles. The van der Waals surface area contributed by atoms with Crippen molar-refractivity contribution in [1.29, 1.82) is 0 Å². The summed E-state index contributed by atoms with van der Waals surface area (Å²) in [5.74, 6) is -0.602. The molecule has 0 aromatic rings. The molecule has 1 rings (SSSR count). The summed E-state index contributed by atoms with van der Waals surface area (Å²) < 4.78 is 21.2. The first-order valence-corrected chi connectivity index (χ1v) is 5.76. The second-order valence-electron chi connectivity index (χ2n) is 3.75. The number of ketones is 1.